The Labute approximate surface area is 179 Å². The van der Waals surface area contributed by atoms with Gasteiger partial charge in [-0.2, -0.15) is 0 Å². The summed E-state index contributed by atoms with van der Waals surface area (Å²) in [7, 11) is 0. The normalized spacial score (nSPS) is 42.3. The van der Waals surface area contributed by atoms with Gasteiger partial charge in [0, 0.05) is 6.42 Å². The van der Waals surface area contributed by atoms with Crippen molar-refractivity contribution in [1.29, 1.82) is 0 Å². The highest BCUT2D eigenvalue weighted by Gasteiger charge is 2.61. The van der Waals surface area contributed by atoms with E-state index in [2.05, 4.69) is 6.92 Å². The summed E-state index contributed by atoms with van der Waals surface area (Å²) in [6, 6.07) is 0. The standard InChI is InChI=1S/C24H38O6/c1-14(7-12-19(25)26)17-10-11-18(24(17,3)22(29)30)16-9-8-15-6-4-5-13-23(15,2)20(16)21(27)28/h14-18,20H,4-13H2,1-3H3,(H,25,26)(H,27,28)(H,29,30)/t14-,15+,16+,17-,18-,20+,23+,24+/m1/s1. The average molecular weight is 423 g/mol. The number of hydrogen-bond acceptors (Lipinski definition) is 3. The first-order valence-electron chi connectivity index (χ1n) is 11.7. The number of rotatable bonds is 7. The molecule has 0 aliphatic heterocycles. The van der Waals surface area contributed by atoms with Crippen LogP contribution in [0.4, 0.5) is 0 Å². The summed E-state index contributed by atoms with van der Waals surface area (Å²) in [5.41, 5.74) is -1.26. The van der Waals surface area contributed by atoms with Crippen LogP contribution in [0.5, 0.6) is 0 Å². The van der Waals surface area contributed by atoms with Crippen molar-refractivity contribution in [3.8, 4) is 0 Å². The molecular weight excluding hydrogens is 384 g/mol. The van der Waals surface area contributed by atoms with Gasteiger partial charge in [-0.3, -0.25) is 14.4 Å². The molecule has 6 heteroatoms. The first-order chi connectivity index (χ1) is 14.0. The summed E-state index contributed by atoms with van der Waals surface area (Å²) < 4.78 is 0. The van der Waals surface area contributed by atoms with E-state index in [1.54, 1.807) is 0 Å². The van der Waals surface area contributed by atoms with Crippen LogP contribution in [-0.4, -0.2) is 33.2 Å². The van der Waals surface area contributed by atoms with Crippen molar-refractivity contribution in [3.05, 3.63) is 0 Å². The highest BCUT2D eigenvalue weighted by molar-refractivity contribution is 5.76. The third-order valence-corrected chi connectivity index (χ3v) is 9.51. The molecule has 3 saturated carbocycles. The maximum absolute atomic E-state index is 12.6. The number of carboxylic acid groups (broad SMARTS) is 3. The Morgan fingerprint density at radius 3 is 2.27 bits per heavy atom. The molecule has 3 N–H and O–H groups in total. The van der Waals surface area contributed by atoms with E-state index < -0.39 is 29.2 Å². The molecule has 0 amide bonds. The Morgan fingerprint density at radius 1 is 0.967 bits per heavy atom. The van der Waals surface area contributed by atoms with Crippen LogP contribution in [-0.2, 0) is 14.4 Å². The summed E-state index contributed by atoms with van der Waals surface area (Å²) in [6.07, 6.45) is 7.97. The van der Waals surface area contributed by atoms with Crippen LogP contribution in [0.15, 0.2) is 0 Å². The fourth-order valence-corrected chi connectivity index (χ4v) is 7.90. The van der Waals surface area contributed by atoms with E-state index in [9.17, 15) is 24.6 Å². The summed E-state index contributed by atoms with van der Waals surface area (Å²) in [5, 5.41) is 29.7. The van der Waals surface area contributed by atoms with Crippen molar-refractivity contribution in [3.63, 3.8) is 0 Å². The van der Waals surface area contributed by atoms with Crippen molar-refractivity contribution < 1.29 is 29.7 Å². The smallest absolute Gasteiger partial charge is 0.309 e. The van der Waals surface area contributed by atoms with Crippen molar-refractivity contribution in [1.82, 2.24) is 0 Å². The topological polar surface area (TPSA) is 112 Å². The quantitative estimate of drug-likeness (QED) is 0.537. The number of hydrogen-bond donors (Lipinski definition) is 3. The van der Waals surface area contributed by atoms with Gasteiger partial charge in [0.2, 0.25) is 0 Å². The predicted octanol–water partition coefficient (Wildman–Crippen LogP) is 4.91. The monoisotopic (exact) mass is 422 g/mol. The molecular formula is C24H38O6. The SMILES string of the molecule is C[C@H](CCC(=O)O)[C@H]1CC[C@H]([C@@H]2CC[C@@H]3CCCC[C@]3(C)[C@@H]2C(=O)O)[C@@]1(C)C(=O)O. The Bertz CT molecular complexity index is 689. The summed E-state index contributed by atoms with van der Waals surface area (Å²) in [4.78, 5) is 36.2. The minimum absolute atomic E-state index is 0.0166. The van der Waals surface area contributed by atoms with Crippen molar-refractivity contribution in [2.45, 2.75) is 85.0 Å². The Hall–Kier alpha value is -1.59. The number of fused-ring (bicyclic) bond motifs is 1. The van der Waals surface area contributed by atoms with E-state index in [4.69, 9.17) is 5.11 Å². The molecule has 0 aromatic rings. The molecule has 0 bridgehead atoms. The van der Waals surface area contributed by atoms with Crippen LogP contribution in [0.1, 0.15) is 85.0 Å². The first-order valence-corrected chi connectivity index (χ1v) is 11.7. The van der Waals surface area contributed by atoms with E-state index in [0.29, 0.717) is 12.3 Å². The predicted molar refractivity (Wildman–Crippen MR) is 112 cm³/mol. The molecule has 0 aromatic heterocycles. The third kappa shape index (κ3) is 3.75. The molecule has 3 aliphatic carbocycles. The van der Waals surface area contributed by atoms with Gasteiger partial charge in [0.05, 0.1) is 11.3 Å². The van der Waals surface area contributed by atoms with Gasteiger partial charge in [0.1, 0.15) is 0 Å². The molecule has 30 heavy (non-hydrogen) atoms. The van der Waals surface area contributed by atoms with Gasteiger partial charge in [-0.1, -0.05) is 26.7 Å². The minimum Gasteiger partial charge on any atom is -0.481 e. The molecule has 0 radical (unpaired) electrons. The lowest BCUT2D eigenvalue weighted by Crippen LogP contribution is -2.53. The number of carbonyl (C=O) groups is 3. The molecule has 170 valence electrons. The van der Waals surface area contributed by atoms with Gasteiger partial charge >= 0.3 is 17.9 Å². The van der Waals surface area contributed by atoms with Gasteiger partial charge in [-0.25, -0.2) is 0 Å². The van der Waals surface area contributed by atoms with E-state index in [1.165, 1.54) is 0 Å². The molecule has 0 heterocycles. The highest BCUT2D eigenvalue weighted by Crippen LogP contribution is 2.63. The fourth-order valence-electron chi connectivity index (χ4n) is 7.90. The minimum atomic E-state index is -1.01. The fraction of sp³-hybridized carbons (Fsp3) is 0.875. The average Bonchev–Trinajstić information content (AvgIpc) is 3.02. The van der Waals surface area contributed by atoms with E-state index in [-0.39, 0.29) is 35.5 Å². The Kier molecular flexibility index (Phi) is 6.54. The van der Waals surface area contributed by atoms with Crippen LogP contribution in [0.3, 0.4) is 0 Å². The number of carboxylic acids is 3. The lowest BCUT2D eigenvalue weighted by atomic mass is 9.49. The number of aliphatic carboxylic acids is 3. The molecule has 3 fully saturated rings. The van der Waals surface area contributed by atoms with Gasteiger partial charge in [-0.15, -0.1) is 0 Å². The van der Waals surface area contributed by atoms with Crippen LogP contribution in [0.25, 0.3) is 0 Å². The van der Waals surface area contributed by atoms with Crippen molar-refractivity contribution >= 4 is 17.9 Å². The van der Waals surface area contributed by atoms with Gasteiger partial charge in [0.15, 0.2) is 0 Å². The van der Waals surface area contributed by atoms with Gasteiger partial charge < -0.3 is 15.3 Å². The largest absolute Gasteiger partial charge is 0.481 e. The molecule has 0 spiro atoms. The zero-order chi connectivity index (χ0) is 22.3. The van der Waals surface area contributed by atoms with Gasteiger partial charge in [-0.05, 0) is 86.9 Å². The van der Waals surface area contributed by atoms with E-state index in [1.807, 2.05) is 13.8 Å². The van der Waals surface area contributed by atoms with E-state index in [0.717, 1.165) is 51.4 Å². The second-order valence-electron chi connectivity index (χ2n) is 10.8. The second kappa shape index (κ2) is 8.51. The second-order valence-corrected chi connectivity index (χ2v) is 10.8. The molecule has 3 aliphatic rings. The molecule has 0 aromatic carbocycles. The van der Waals surface area contributed by atoms with Gasteiger partial charge in [0.25, 0.3) is 0 Å². The van der Waals surface area contributed by atoms with Crippen LogP contribution in [0.2, 0.25) is 0 Å². The molecule has 3 rings (SSSR count). The molecule has 8 atom stereocenters. The van der Waals surface area contributed by atoms with E-state index >= 15 is 0 Å². The van der Waals surface area contributed by atoms with Crippen molar-refractivity contribution in [2.75, 3.05) is 0 Å². The summed E-state index contributed by atoms with van der Waals surface area (Å²) in [5.74, 6) is -2.97. The maximum atomic E-state index is 12.6. The van der Waals surface area contributed by atoms with Crippen LogP contribution >= 0.6 is 0 Å². The Morgan fingerprint density at radius 2 is 1.67 bits per heavy atom. The zero-order valence-electron chi connectivity index (χ0n) is 18.6. The molecule has 0 unspecified atom stereocenters. The summed E-state index contributed by atoms with van der Waals surface area (Å²) in [6.45, 7) is 5.91. The summed E-state index contributed by atoms with van der Waals surface area (Å²) >= 11 is 0. The lowest BCUT2D eigenvalue weighted by molar-refractivity contribution is -0.170. The van der Waals surface area contributed by atoms with Crippen LogP contribution in [0, 0.1) is 46.3 Å². The molecule has 0 saturated heterocycles. The Balaban J connectivity index is 1.92. The first kappa shape index (κ1) is 23.1. The van der Waals surface area contributed by atoms with Crippen molar-refractivity contribution in [2.24, 2.45) is 46.3 Å². The maximum Gasteiger partial charge on any atom is 0.309 e. The highest BCUT2D eigenvalue weighted by atomic mass is 16.4. The van der Waals surface area contributed by atoms with Crippen LogP contribution < -0.4 is 0 Å². The molecule has 6 nitrogen and oxygen atoms in total. The third-order valence-electron chi connectivity index (χ3n) is 9.51. The zero-order valence-corrected chi connectivity index (χ0v) is 18.6. The lowest BCUT2D eigenvalue weighted by Gasteiger charge is -2.54.